The second kappa shape index (κ2) is 6.15. The van der Waals surface area contributed by atoms with E-state index in [0.717, 1.165) is 23.7 Å². The van der Waals surface area contributed by atoms with Crippen LogP contribution in [0.25, 0.3) is 0 Å². The molecule has 0 spiro atoms. The molecule has 2 aromatic rings. The van der Waals surface area contributed by atoms with E-state index in [2.05, 4.69) is 10.7 Å². The Morgan fingerprint density at radius 2 is 2.00 bits per heavy atom. The summed E-state index contributed by atoms with van der Waals surface area (Å²) in [4.78, 5) is 0. The Kier molecular flexibility index (Phi) is 4.27. The summed E-state index contributed by atoms with van der Waals surface area (Å²) in [6, 6.07) is 9.71. The zero-order valence-electron chi connectivity index (χ0n) is 9.68. The van der Waals surface area contributed by atoms with Crippen LogP contribution in [0.1, 0.15) is 0 Å². The number of methoxy groups -OCH3 is 1. The topological polar surface area (TPSA) is 30.5 Å². The molecular formula is C13H15NO2S. The quantitative estimate of drug-likeness (QED) is 0.797. The molecule has 1 heterocycles. The van der Waals surface area contributed by atoms with Gasteiger partial charge in [-0.15, -0.1) is 0 Å². The minimum absolute atomic E-state index is 0.607. The van der Waals surface area contributed by atoms with Crippen molar-refractivity contribution in [3.63, 3.8) is 0 Å². The van der Waals surface area contributed by atoms with Crippen LogP contribution in [0.2, 0.25) is 0 Å². The van der Waals surface area contributed by atoms with Gasteiger partial charge in [0.25, 0.3) is 0 Å². The normalized spacial score (nSPS) is 9.94. The lowest BCUT2D eigenvalue weighted by Crippen LogP contribution is -2.11. The monoisotopic (exact) mass is 249 g/mol. The van der Waals surface area contributed by atoms with E-state index in [4.69, 9.17) is 9.47 Å². The summed E-state index contributed by atoms with van der Waals surface area (Å²) in [6.07, 6.45) is 0. The molecule has 0 amide bonds. The van der Waals surface area contributed by atoms with Gasteiger partial charge in [-0.1, -0.05) is 12.1 Å². The lowest BCUT2D eigenvalue weighted by atomic mass is 10.3. The minimum atomic E-state index is 0.607. The molecule has 3 nitrogen and oxygen atoms in total. The molecule has 0 atom stereocenters. The molecule has 0 radical (unpaired) electrons. The average Bonchev–Trinajstić information content (AvgIpc) is 2.88. The van der Waals surface area contributed by atoms with Crippen LogP contribution in [0.5, 0.6) is 11.5 Å². The van der Waals surface area contributed by atoms with Crippen molar-refractivity contribution in [1.29, 1.82) is 0 Å². The first kappa shape index (κ1) is 11.8. The first-order chi connectivity index (χ1) is 8.40. The molecular weight excluding hydrogens is 234 g/mol. The van der Waals surface area contributed by atoms with Crippen molar-refractivity contribution >= 4 is 17.0 Å². The first-order valence-electron chi connectivity index (χ1n) is 5.42. The van der Waals surface area contributed by atoms with Gasteiger partial charge in [-0.2, -0.15) is 11.3 Å². The third-order valence-electron chi connectivity index (χ3n) is 2.28. The molecule has 0 bridgehead atoms. The molecule has 0 aliphatic carbocycles. The molecule has 0 fully saturated rings. The van der Waals surface area contributed by atoms with E-state index >= 15 is 0 Å². The third-order valence-corrected chi connectivity index (χ3v) is 2.96. The second-order valence-corrected chi connectivity index (χ2v) is 4.22. The average molecular weight is 249 g/mol. The largest absolute Gasteiger partial charge is 0.493 e. The predicted octanol–water partition coefficient (Wildman–Crippen LogP) is 3.25. The van der Waals surface area contributed by atoms with Crippen molar-refractivity contribution in [2.24, 2.45) is 0 Å². The molecule has 0 aliphatic rings. The number of ether oxygens (including phenoxy) is 2. The Morgan fingerprint density at radius 1 is 1.18 bits per heavy atom. The molecule has 1 aromatic heterocycles. The lowest BCUT2D eigenvalue weighted by molar-refractivity contribution is 0.306. The maximum atomic E-state index is 5.64. The summed E-state index contributed by atoms with van der Waals surface area (Å²) in [6.45, 7) is 1.38. The third kappa shape index (κ3) is 3.39. The number of hydrogen-bond donors (Lipinski definition) is 1. The zero-order chi connectivity index (χ0) is 11.9. The van der Waals surface area contributed by atoms with Gasteiger partial charge in [-0.3, -0.25) is 0 Å². The van der Waals surface area contributed by atoms with Gasteiger partial charge in [0.1, 0.15) is 6.61 Å². The molecule has 2 rings (SSSR count). The highest BCUT2D eigenvalue weighted by atomic mass is 32.1. The maximum absolute atomic E-state index is 5.64. The van der Waals surface area contributed by atoms with E-state index in [9.17, 15) is 0 Å². The number of nitrogens with one attached hydrogen (secondary N) is 1. The van der Waals surface area contributed by atoms with Crippen molar-refractivity contribution in [3.8, 4) is 11.5 Å². The molecule has 0 unspecified atom stereocenters. The van der Waals surface area contributed by atoms with Crippen LogP contribution in [-0.4, -0.2) is 20.3 Å². The molecule has 0 saturated heterocycles. The fourth-order valence-electron chi connectivity index (χ4n) is 1.46. The summed E-state index contributed by atoms with van der Waals surface area (Å²) in [7, 11) is 1.64. The van der Waals surface area contributed by atoms with Crippen LogP contribution in [0.4, 0.5) is 5.69 Å². The van der Waals surface area contributed by atoms with E-state index in [-0.39, 0.29) is 0 Å². The van der Waals surface area contributed by atoms with Gasteiger partial charge in [-0.05, 0) is 23.6 Å². The van der Waals surface area contributed by atoms with Crippen molar-refractivity contribution < 1.29 is 9.47 Å². The van der Waals surface area contributed by atoms with Gasteiger partial charge >= 0.3 is 0 Å². The summed E-state index contributed by atoms with van der Waals surface area (Å²) in [5.41, 5.74) is 1.14. The van der Waals surface area contributed by atoms with Gasteiger partial charge in [-0.25, -0.2) is 0 Å². The molecule has 90 valence electrons. The Morgan fingerprint density at radius 3 is 2.71 bits per heavy atom. The Hall–Kier alpha value is -1.68. The van der Waals surface area contributed by atoms with Crippen LogP contribution in [0.15, 0.2) is 41.1 Å². The van der Waals surface area contributed by atoms with Gasteiger partial charge in [0.15, 0.2) is 11.5 Å². The second-order valence-electron chi connectivity index (χ2n) is 3.44. The van der Waals surface area contributed by atoms with Crippen LogP contribution >= 0.6 is 11.3 Å². The standard InChI is InChI=1S/C13H15NO2S/c1-15-12-4-2-3-5-13(12)16-8-7-14-11-6-9-17-10-11/h2-6,9-10,14H,7-8H2,1H3. The van der Waals surface area contributed by atoms with Crippen LogP contribution in [0, 0.1) is 0 Å². The molecule has 0 saturated carbocycles. The SMILES string of the molecule is COc1ccccc1OCCNc1ccsc1. The van der Waals surface area contributed by atoms with Crippen LogP contribution in [-0.2, 0) is 0 Å². The van der Waals surface area contributed by atoms with E-state index in [0.29, 0.717) is 6.61 Å². The smallest absolute Gasteiger partial charge is 0.161 e. The fraction of sp³-hybridized carbons (Fsp3) is 0.231. The highest BCUT2D eigenvalue weighted by Gasteiger charge is 2.01. The summed E-state index contributed by atoms with van der Waals surface area (Å²) < 4.78 is 10.8. The number of anilines is 1. The number of benzene rings is 1. The van der Waals surface area contributed by atoms with Crippen molar-refractivity contribution in [2.75, 3.05) is 25.6 Å². The van der Waals surface area contributed by atoms with E-state index in [1.54, 1.807) is 18.4 Å². The Balaban J connectivity index is 1.78. The van der Waals surface area contributed by atoms with Crippen molar-refractivity contribution in [3.05, 3.63) is 41.1 Å². The maximum Gasteiger partial charge on any atom is 0.161 e. The predicted molar refractivity (Wildman–Crippen MR) is 71.3 cm³/mol. The Bertz CT molecular complexity index is 442. The van der Waals surface area contributed by atoms with Gasteiger partial charge < -0.3 is 14.8 Å². The fourth-order valence-corrected chi connectivity index (χ4v) is 2.07. The molecule has 17 heavy (non-hydrogen) atoms. The number of para-hydroxylation sites is 2. The highest BCUT2D eigenvalue weighted by molar-refractivity contribution is 7.08. The first-order valence-corrected chi connectivity index (χ1v) is 6.36. The minimum Gasteiger partial charge on any atom is -0.493 e. The number of rotatable bonds is 6. The molecule has 0 aliphatic heterocycles. The number of hydrogen-bond acceptors (Lipinski definition) is 4. The van der Waals surface area contributed by atoms with Gasteiger partial charge in [0.05, 0.1) is 7.11 Å². The number of thiophene rings is 1. The highest BCUT2D eigenvalue weighted by Crippen LogP contribution is 2.25. The van der Waals surface area contributed by atoms with Crippen LogP contribution in [0.3, 0.4) is 0 Å². The van der Waals surface area contributed by atoms with Crippen molar-refractivity contribution in [2.45, 2.75) is 0 Å². The molecule has 1 N–H and O–H groups in total. The van der Waals surface area contributed by atoms with E-state index in [1.165, 1.54) is 0 Å². The molecule has 1 aromatic carbocycles. The van der Waals surface area contributed by atoms with Crippen LogP contribution < -0.4 is 14.8 Å². The van der Waals surface area contributed by atoms with E-state index in [1.807, 2.05) is 35.7 Å². The van der Waals surface area contributed by atoms with Gasteiger partial charge in [0.2, 0.25) is 0 Å². The van der Waals surface area contributed by atoms with Gasteiger partial charge in [0, 0.05) is 17.6 Å². The summed E-state index contributed by atoms with van der Waals surface area (Å²) >= 11 is 1.68. The zero-order valence-corrected chi connectivity index (χ0v) is 10.5. The lowest BCUT2D eigenvalue weighted by Gasteiger charge is -2.10. The Labute approximate surface area is 105 Å². The molecule has 4 heteroatoms. The van der Waals surface area contributed by atoms with Crippen molar-refractivity contribution in [1.82, 2.24) is 0 Å². The summed E-state index contributed by atoms with van der Waals surface area (Å²) in [5.74, 6) is 1.55. The van der Waals surface area contributed by atoms with E-state index < -0.39 is 0 Å². The summed E-state index contributed by atoms with van der Waals surface area (Å²) in [5, 5.41) is 7.39.